The summed E-state index contributed by atoms with van der Waals surface area (Å²) in [7, 11) is 1.89. The van der Waals surface area contributed by atoms with Crippen LogP contribution >= 0.6 is 15.9 Å². The summed E-state index contributed by atoms with van der Waals surface area (Å²) in [6, 6.07) is 5.84. The summed E-state index contributed by atoms with van der Waals surface area (Å²) >= 11 is 3.51. The van der Waals surface area contributed by atoms with Crippen LogP contribution in [0.15, 0.2) is 35.1 Å². The highest BCUT2D eigenvalue weighted by atomic mass is 79.9. The minimum Gasteiger partial charge on any atom is -0.368 e. The summed E-state index contributed by atoms with van der Waals surface area (Å²) < 4.78 is 2.76. The van der Waals surface area contributed by atoms with Crippen molar-refractivity contribution >= 4 is 33.4 Å². The highest BCUT2D eigenvalue weighted by Crippen LogP contribution is 2.52. The van der Waals surface area contributed by atoms with Crippen LogP contribution in [0.5, 0.6) is 0 Å². The quantitative estimate of drug-likeness (QED) is 0.689. The van der Waals surface area contributed by atoms with Crippen molar-refractivity contribution in [1.29, 1.82) is 0 Å². The van der Waals surface area contributed by atoms with E-state index in [4.69, 9.17) is 0 Å². The molecular weight excluding hydrogens is 434 g/mol. The van der Waals surface area contributed by atoms with Gasteiger partial charge >= 0.3 is 0 Å². The SMILES string of the molecule is CCN(CCNC(=O)CN1CC2(CC2)c2cc(Br)ccc2C1=O)c1cnn(C)c1. The molecular formula is C21H26BrN5O2. The third-order valence-electron chi connectivity index (χ3n) is 5.89. The van der Waals surface area contributed by atoms with E-state index in [1.165, 1.54) is 0 Å². The molecule has 8 heteroatoms. The molecule has 2 heterocycles. The third kappa shape index (κ3) is 4.03. The fraction of sp³-hybridized carbons (Fsp3) is 0.476. The number of benzene rings is 1. The molecule has 0 atom stereocenters. The van der Waals surface area contributed by atoms with Gasteiger partial charge in [0.25, 0.3) is 5.91 Å². The maximum absolute atomic E-state index is 12.9. The molecule has 1 aromatic heterocycles. The summed E-state index contributed by atoms with van der Waals surface area (Å²) in [5, 5.41) is 7.16. The molecule has 0 saturated heterocycles. The van der Waals surface area contributed by atoms with E-state index in [1.807, 2.05) is 31.6 Å². The van der Waals surface area contributed by atoms with E-state index in [0.29, 0.717) is 19.6 Å². The van der Waals surface area contributed by atoms with Crippen molar-refractivity contribution in [3.05, 3.63) is 46.2 Å². The summed E-state index contributed by atoms with van der Waals surface area (Å²) in [6.07, 6.45) is 5.92. The standard InChI is InChI=1S/C21H26BrN5O2/c1-3-26(16-11-24-25(2)12-16)9-8-23-19(28)13-27-14-21(6-7-21)18-10-15(22)4-5-17(18)20(27)29/h4-5,10-12H,3,6-9,13-14H2,1-2H3,(H,23,28). The lowest BCUT2D eigenvalue weighted by molar-refractivity contribution is -0.121. The second-order valence-electron chi connectivity index (χ2n) is 7.93. The van der Waals surface area contributed by atoms with Gasteiger partial charge in [-0.2, -0.15) is 5.10 Å². The van der Waals surface area contributed by atoms with Gasteiger partial charge in [0.1, 0.15) is 0 Å². The first-order valence-electron chi connectivity index (χ1n) is 10.0. The molecule has 2 aliphatic rings. The van der Waals surface area contributed by atoms with Crippen LogP contribution in [0.3, 0.4) is 0 Å². The molecule has 1 saturated carbocycles. The number of hydrogen-bond acceptors (Lipinski definition) is 4. The lowest BCUT2D eigenvalue weighted by atomic mass is 9.86. The second kappa shape index (κ2) is 7.82. The summed E-state index contributed by atoms with van der Waals surface area (Å²) in [5.41, 5.74) is 2.93. The predicted octanol–water partition coefficient (Wildman–Crippen LogP) is 2.31. The van der Waals surface area contributed by atoms with Crippen molar-refractivity contribution in [2.75, 3.05) is 37.6 Å². The summed E-state index contributed by atoms with van der Waals surface area (Å²) in [5.74, 6) is -0.164. The molecule has 1 aliphatic carbocycles. The van der Waals surface area contributed by atoms with E-state index in [-0.39, 0.29) is 23.8 Å². The van der Waals surface area contributed by atoms with Crippen LogP contribution in [0, 0.1) is 0 Å². The van der Waals surface area contributed by atoms with Gasteiger partial charge in [0, 0.05) is 54.9 Å². The number of halogens is 1. The zero-order valence-corrected chi connectivity index (χ0v) is 18.4. The van der Waals surface area contributed by atoms with Crippen molar-refractivity contribution in [3.8, 4) is 0 Å². The van der Waals surface area contributed by atoms with Crippen molar-refractivity contribution < 1.29 is 9.59 Å². The van der Waals surface area contributed by atoms with E-state index in [1.54, 1.807) is 9.58 Å². The Morgan fingerprint density at radius 3 is 2.83 bits per heavy atom. The third-order valence-corrected chi connectivity index (χ3v) is 6.39. The molecule has 1 aliphatic heterocycles. The second-order valence-corrected chi connectivity index (χ2v) is 8.85. The molecule has 1 spiro atoms. The van der Waals surface area contributed by atoms with E-state index in [9.17, 15) is 9.59 Å². The monoisotopic (exact) mass is 459 g/mol. The van der Waals surface area contributed by atoms with E-state index >= 15 is 0 Å². The average Bonchev–Trinajstić information content (AvgIpc) is 3.34. The number of aromatic nitrogens is 2. The van der Waals surface area contributed by atoms with Gasteiger partial charge in [0.15, 0.2) is 0 Å². The highest BCUT2D eigenvalue weighted by Gasteiger charge is 2.51. The molecule has 7 nitrogen and oxygen atoms in total. The molecule has 2 amide bonds. The first kappa shape index (κ1) is 19.9. The van der Waals surface area contributed by atoms with Crippen molar-refractivity contribution in [2.24, 2.45) is 7.05 Å². The minimum absolute atomic E-state index is 0.0343. The average molecular weight is 460 g/mol. The highest BCUT2D eigenvalue weighted by molar-refractivity contribution is 9.10. The maximum Gasteiger partial charge on any atom is 0.254 e. The van der Waals surface area contributed by atoms with Crippen LogP contribution in [0.25, 0.3) is 0 Å². The van der Waals surface area contributed by atoms with Gasteiger partial charge in [-0.1, -0.05) is 15.9 Å². The fourth-order valence-corrected chi connectivity index (χ4v) is 4.50. The molecule has 1 aromatic carbocycles. The number of nitrogens with zero attached hydrogens (tertiary/aromatic N) is 4. The van der Waals surface area contributed by atoms with Gasteiger partial charge in [-0.25, -0.2) is 0 Å². The number of rotatable bonds is 7. The van der Waals surface area contributed by atoms with Gasteiger partial charge in [-0.05, 0) is 43.5 Å². The number of amides is 2. The Bertz CT molecular complexity index is 937. The van der Waals surface area contributed by atoms with Crippen molar-refractivity contribution in [1.82, 2.24) is 20.0 Å². The van der Waals surface area contributed by atoms with Crippen LogP contribution in [-0.2, 0) is 17.3 Å². The molecule has 29 heavy (non-hydrogen) atoms. The van der Waals surface area contributed by atoms with Gasteiger partial charge < -0.3 is 15.1 Å². The Hall–Kier alpha value is -2.35. The summed E-state index contributed by atoms with van der Waals surface area (Å²) in [6.45, 7) is 4.86. The number of aryl methyl sites for hydroxylation is 1. The molecule has 0 unspecified atom stereocenters. The van der Waals surface area contributed by atoms with Crippen LogP contribution in [0.4, 0.5) is 5.69 Å². The number of hydrogen-bond donors (Lipinski definition) is 1. The van der Waals surface area contributed by atoms with Crippen LogP contribution < -0.4 is 10.2 Å². The van der Waals surface area contributed by atoms with Crippen LogP contribution in [0.2, 0.25) is 0 Å². The first-order chi connectivity index (χ1) is 13.9. The molecule has 4 rings (SSSR count). The number of fused-ring (bicyclic) bond motifs is 2. The Balaban J connectivity index is 1.34. The largest absolute Gasteiger partial charge is 0.368 e. The number of anilines is 1. The molecule has 2 aromatic rings. The zero-order chi connectivity index (χ0) is 20.6. The maximum atomic E-state index is 12.9. The van der Waals surface area contributed by atoms with Gasteiger partial charge in [-0.3, -0.25) is 14.3 Å². The smallest absolute Gasteiger partial charge is 0.254 e. The van der Waals surface area contributed by atoms with Gasteiger partial charge in [0.2, 0.25) is 5.91 Å². The fourth-order valence-electron chi connectivity index (χ4n) is 4.14. The minimum atomic E-state index is -0.114. The molecule has 1 fully saturated rings. The Morgan fingerprint density at radius 1 is 1.38 bits per heavy atom. The Morgan fingerprint density at radius 2 is 2.17 bits per heavy atom. The van der Waals surface area contributed by atoms with E-state index < -0.39 is 0 Å². The lowest BCUT2D eigenvalue weighted by Crippen LogP contribution is -2.48. The number of carbonyl (C=O) groups excluding carboxylic acids is 2. The zero-order valence-electron chi connectivity index (χ0n) is 16.8. The molecule has 0 radical (unpaired) electrons. The molecule has 0 bridgehead atoms. The molecule has 1 N–H and O–H groups in total. The van der Waals surface area contributed by atoms with Gasteiger partial charge in [0.05, 0.1) is 18.4 Å². The van der Waals surface area contributed by atoms with Crippen LogP contribution in [0.1, 0.15) is 35.7 Å². The molecule has 154 valence electrons. The topological polar surface area (TPSA) is 70.5 Å². The number of nitrogens with one attached hydrogen (secondary N) is 1. The van der Waals surface area contributed by atoms with Gasteiger partial charge in [-0.15, -0.1) is 0 Å². The predicted molar refractivity (Wildman–Crippen MR) is 115 cm³/mol. The van der Waals surface area contributed by atoms with Crippen molar-refractivity contribution in [3.63, 3.8) is 0 Å². The first-order valence-corrected chi connectivity index (χ1v) is 10.8. The van der Waals surface area contributed by atoms with E-state index in [2.05, 4.69) is 44.2 Å². The van der Waals surface area contributed by atoms with E-state index in [0.717, 1.165) is 40.7 Å². The lowest BCUT2D eigenvalue weighted by Gasteiger charge is -2.34. The number of carbonyl (C=O) groups is 2. The summed E-state index contributed by atoms with van der Waals surface area (Å²) in [4.78, 5) is 29.3. The normalized spacial score (nSPS) is 16.7. The Labute approximate surface area is 179 Å². The van der Waals surface area contributed by atoms with Crippen molar-refractivity contribution in [2.45, 2.75) is 25.2 Å². The number of likely N-dealkylation sites (N-methyl/N-ethyl adjacent to an activating group) is 1. The Kier molecular flexibility index (Phi) is 5.38. The van der Waals surface area contributed by atoms with Crippen LogP contribution in [-0.4, -0.2) is 59.2 Å².